The van der Waals surface area contributed by atoms with Crippen LogP contribution in [0, 0.1) is 20.8 Å². The van der Waals surface area contributed by atoms with E-state index in [1.807, 2.05) is 25.1 Å². The van der Waals surface area contributed by atoms with Gasteiger partial charge in [0.1, 0.15) is 0 Å². The van der Waals surface area contributed by atoms with Crippen LogP contribution in [0.15, 0.2) is 34.9 Å². The van der Waals surface area contributed by atoms with E-state index in [2.05, 4.69) is 32.2 Å². The molecular weight excluding hydrogens is 312 g/mol. The SMILES string of the molecule is CCCCCCCN(C(=O)Nc1cc(C)c(C)cc1C)c1ccco1. The van der Waals surface area contributed by atoms with Crippen molar-refractivity contribution < 1.29 is 9.21 Å². The van der Waals surface area contributed by atoms with Gasteiger partial charge in [-0.15, -0.1) is 0 Å². The molecule has 0 saturated heterocycles. The van der Waals surface area contributed by atoms with Crippen LogP contribution < -0.4 is 10.2 Å². The number of unbranched alkanes of at least 4 members (excludes halogenated alkanes) is 4. The molecule has 0 bridgehead atoms. The molecule has 2 rings (SSSR count). The van der Waals surface area contributed by atoms with Gasteiger partial charge in [0.15, 0.2) is 0 Å². The Morgan fingerprint density at radius 3 is 2.44 bits per heavy atom. The fourth-order valence-corrected chi connectivity index (χ4v) is 2.89. The summed E-state index contributed by atoms with van der Waals surface area (Å²) in [6.45, 7) is 9.02. The molecule has 0 aliphatic carbocycles. The molecule has 1 heterocycles. The van der Waals surface area contributed by atoms with E-state index >= 15 is 0 Å². The minimum absolute atomic E-state index is 0.142. The topological polar surface area (TPSA) is 45.5 Å². The van der Waals surface area contributed by atoms with Gasteiger partial charge in [0.05, 0.1) is 6.26 Å². The smallest absolute Gasteiger partial charge is 0.328 e. The lowest BCUT2D eigenvalue weighted by Crippen LogP contribution is -2.35. The van der Waals surface area contributed by atoms with Crippen molar-refractivity contribution in [2.24, 2.45) is 0 Å². The van der Waals surface area contributed by atoms with Crippen LogP contribution in [0.3, 0.4) is 0 Å². The maximum Gasteiger partial charge on any atom is 0.328 e. The monoisotopic (exact) mass is 342 g/mol. The van der Waals surface area contributed by atoms with Gasteiger partial charge in [0.2, 0.25) is 5.88 Å². The van der Waals surface area contributed by atoms with Crippen molar-refractivity contribution in [2.45, 2.75) is 59.8 Å². The molecule has 0 radical (unpaired) electrons. The zero-order valence-electron chi connectivity index (χ0n) is 15.9. The van der Waals surface area contributed by atoms with Gasteiger partial charge in [-0.3, -0.25) is 4.90 Å². The number of carbonyl (C=O) groups is 1. The molecule has 0 atom stereocenters. The van der Waals surface area contributed by atoms with Crippen LogP contribution in [-0.4, -0.2) is 12.6 Å². The number of amides is 2. The van der Waals surface area contributed by atoms with E-state index in [0.29, 0.717) is 12.4 Å². The van der Waals surface area contributed by atoms with Crippen LogP contribution >= 0.6 is 0 Å². The first kappa shape index (κ1) is 19.1. The van der Waals surface area contributed by atoms with E-state index in [4.69, 9.17) is 4.42 Å². The number of nitrogens with zero attached hydrogens (tertiary/aromatic N) is 1. The summed E-state index contributed by atoms with van der Waals surface area (Å²) < 4.78 is 5.47. The van der Waals surface area contributed by atoms with E-state index in [0.717, 1.165) is 24.1 Å². The molecule has 0 saturated carbocycles. The van der Waals surface area contributed by atoms with E-state index in [1.165, 1.54) is 30.4 Å². The van der Waals surface area contributed by atoms with Crippen LogP contribution in [0.25, 0.3) is 0 Å². The molecular formula is C21H30N2O2. The van der Waals surface area contributed by atoms with Crippen LogP contribution in [0.5, 0.6) is 0 Å². The summed E-state index contributed by atoms with van der Waals surface area (Å²) in [5.41, 5.74) is 4.33. The number of rotatable bonds is 8. The predicted molar refractivity (Wildman–Crippen MR) is 104 cm³/mol. The molecule has 0 aliphatic rings. The Morgan fingerprint density at radius 2 is 1.76 bits per heavy atom. The summed E-state index contributed by atoms with van der Waals surface area (Å²) in [4.78, 5) is 14.5. The Bertz CT molecular complexity index is 677. The molecule has 25 heavy (non-hydrogen) atoms. The van der Waals surface area contributed by atoms with Crippen molar-refractivity contribution in [3.63, 3.8) is 0 Å². The van der Waals surface area contributed by atoms with E-state index in [1.54, 1.807) is 11.2 Å². The van der Waals surface area contributed by atoms with Gasteiger partial charge in [-0.2, -0.15) is 0 Å². The van der Waals surface area contributed by atoms with Crippen molar-refractivity contribution in [2.75, 3.05) is 16.8 Å². The average molecular weight is 342 g/mol. The highest BCUT2D eigenvalue weighted by molar-refractivity contribution is 6.01. The second-order valence-corrected chi connectivity index (χ2v) is 6.70. The third-order valence-corrected chi connectivity index (χ3v) is 4.58. The van der Waals surface area contributed by atoms with Crippen molar-refractivity contribution in [3.05, 3.63) is 47.2 Å². The number of hydrogen-bond acceptors (Lipinski definition) is 2. The fourth-order valence-electron chi connectivity index (χ4n) is 2.89. The third kappa shape index (κ3) is 5.38. The largest absolute Gasteiger partial charge is 0.448 e. The van der Waals surface area contributed by atoms with Gasteiger partial charge in [-0.25, -0.2) is 4.79 Å². The maximum atomic E-state index is 12.8. The summed E-state index contributed by atoms with van der Waals surface area (Å²) in [6, 6.07) is 7.64. The normalized spacial score (nSPS) is 10.7. The second kappa shape index (κ2) is 9.30. The summed E-state index contributed by atoms with van der Waals surface area (Å²) in [5, 5.41) is 3.05. The van der Waals surface area contributed by atoms with Gasteiger partial charge < -0.3 is 9.73 Å². The number of hydrogen-bond donors (Lipinski definition) is 1. The molecule has 0 fully saturated rings. The van der Waals surface area contributed by atoms with Crippen LogP contribution in [0.2, 0.25) is 0 Å². The Hall–Kier alpha value is -2.23. The van der Waals surface area contributed by atoms with Gasteiger partial charge in [0, 0.05) is 18.3 Å². The van der Waals surface area contributed by atoms with E-state index in [-0.39, 0.29) is 6.03 Å². The first-order valence-corrected chi connectivity index (χ1v) is 9.22. The number of urea groups is 1. The van der Waals surface area contributed by atoms with E-state index < -0.39 is 0 Å². The van der Waals surface area contributed by atoms with Crippen molar-refractivity contribution >= 4 is 17.6 Å². The van der Waals surface area contributed by atoms with Gasteiger partial charge in [-0.05, 0) is 56.0 Å². The van der Waals surface area contributed by atoms with Crippen LogP contribution in [0.1, 0.15) is 55.7 Å². The molecule has 1 aromatic carbocycles. The fraction of sp³-hybridized carbons (Fsp3) is 0.476. The lowest BCUT2D eigenvalue weighted by atomic mass is 10.1. The quantitative estimate of drug-likeness (QED) is 0.579. The molecule has 4 nitrogen and oxygen atoms in total. The number of anilines is 2. The summed E-state index contributed by atoms with van der Waals surface area (Å²) in [6.07, 6.45) is 7.37. The lowest BCUT2D eigenvalue weighted by Gasteiger charge is -2.21. The van der Waals surface area contributed by atoms with Crippen molar-refractivity contribution in [1.29, 1.82) is 0 Å². The minimum Gasteiger partial charge on any atom is -0.448 e. The number of furan rings is 1. The Morgan fingerprint density at radius 1 is 1.04 bits per heavy atom. The first-order valence-electron chi connectivity index (χ1n) is 9.22. The minimum atomic E-state index is -0.142. The third-order valence-electron chi connectivity index (χ3n) is 4.58. The predicted octanol–water partition coefficient (Wildman–Crippen LogP) is 6.21. The number of aryl methyl sites for hydroxylation is 3. The molecule has 0 aliphatic heterocycles. The summed E-state index contributed by atoms with van der Waals surface area (Å²) in [7, 11) is 0. The number of nitrogens with one attached hydrogen (secondary N) is 1. The molecule has 0 unspecified atom stereocenters. The molecule has 1 aromatic heterocycles. The Balaban J connectivity index is 2.06. The summed E-state index contributed by atoms with van der Waals surface area (Å²) >= 11 is 0. The standard InChI is InChI=1S/C21H30N2O2/c1-5-6-7-8-9-12-23(20-11-10-13-25-20)21(24)22-19-15-17(3)16(2)14-18(19)4/h10-11,13-15H,5-9,12H2,1-4H3,(H,22,24). The van der Waals surface area contributed by atoms with Gasteiger partial charge >= 0.3 is 6.03 Å². The maximum absolute atomic E-state index is 12.8. The Labute approximate surface area is 151 Å². The Kier molecular flexibility index (Phi) is 7.11. The zero-order chi connectivity index (χ0) is 18.2. The zero-order valence-corrected chi connectivity index (χ0v) is 15.9. The first-order chi connectivity index (χ1) is 12.0. The van der Waals surface area contributed by atoms with Crippen LogP contribution in [-0.2, 0) is 0 Å². The van der Waals surface area contributed by atoms with Gasteiger partial charge in [-0.1, -0.05) is 38.7 Å². The number of benzene rings is 1. The molecule has 0 spiro atoms. The molecule has 4 heteroatoms. The van der Waals surface area contributed by atoms with Crippen molar-refractivity contribution in [3.8, 4) is 0 Å². The van der Waals surface area contributed by atoms with Gasteiger partial charge in [0.25, 0.3) is 0 Å². The molecule has 2 amide bonds. The van der Waals surface area contributed by atoms with Crippen molar-refractivity contribution in [1.82, 2.24) is 0 Å². The second-order valence-electron chi connectivity index (χ2n) is 6.70. The van der Waals surface area contributed by atoms with Crippen LogP contribution in [0.4, 0.5) is 16.4 Å². The highest BCUT2D eigenvalue weighted by Crippen LogP contribution is 2.22. The number of carbonyl (C=O) groups excluding carboxylic acids is 1. The van der Waals surface area contributed by atoms with E-state index in [9.17, 15) is 4.79 Å². The summed E-state index contributed by atoms with van der Waals surface area (Å²) in [5.74, 6) is 0.592. The molecule has 1 N–H and O–H groups in total. The highest BCUT2D eigenvalue weighted by Gasteiger charge is 2.18. The molecule has 2 aromatic rings. The molecule has 136 valence electrons. The lowest BCUT2D eigenvalue weighted by molar-refractivity contribution is 0.255. The average Bonchev–Trinajstić information content (AvgIpc) is 3.10. The highest BCUT2D eigenvalue weighted by atomic mass is 16.3.